The van der Waals surface area contributed by atoms with E-state index < -0.39 is 0 Å². The second-order valence-corrected chi connectivity index (χ2v) is 11.9. The lowest BCUT2D eigenvalue weighted by Crippen LogP contribution is -2.42. The van der Waals surface area contributed by atoms with Crippen LogP contribution in [0.25, 0.3) is 0 Å². The van der Waals surface area contributed by atoms with Crippen molar-refractivity contribution in [3.8, 4) is 0 Å². The second-order valence-electron chi connectivity index (χ2n) is 11.9. The van der Waals surface area contributed by atoms with E-state index in [4.69, 9.17) is 9.47 Å². The lowest BCUT2D eigenvalue weighted by Gasteiger charge is -2.40. The topological polar surface area (TPSA) is 59.1 Å². The highest BCUT2D eigenvalue weighted by atomic mass is 16.5. The van der Waals surface area contributed by atoms with Gasteiger partial charge in [-0.25, -0.2) is 0 Å². The Morgan fingerprint density at radius 1 is 0.522 bits per heavy atom. The molecule has 6 heteroatoms. The van der Waals surface area contributed by atoms with E-state index >= 15 is 0 Å². The molecule has 0 radical (unpaired) electrons. The van der Waals surface area contributed by atoms with Crippen LogP contribution in [0.5, 0.6) is 0 Å². The molecule has 0 saturated heterocycles. The van der Waals surface area contributed by atoms with Gasteiger partial charge < -0.3 is 9.47 Å². The first-order valence-corrected chi connectivity index (χ1v) is 16.2. The fraction of sp³-hybridized carbons (Fsp3) is 0.350. The molecule has 0 fully saturated rings. The van der Waals surface area contributed by atoms with Gasteiger partial charge in [-0.05, 0) is 48.9 Å². The van der Waals surface area contributed by atoms with Crippen LogP contribution in [-0.4, -0.2) is 48.0 Å². The molecular formula is C40H48N2O4. The number of benzene rings is 4. The number of ether oxygens (including phenoxy) is 2. The van der Waals surface area contributed by atoms with Gasteiger partial charge in [0.15, 0.2) is 0 Å². The smallest absolute Gasteiger partial charge is 0.307 e. The van der Waals surface area contributed by atoms with Gasteiger partial charge >= 0.3 is 11.9 Å². The van der Waals surface area contributed by atoms with Gasteiger partial charge in [0.05, 0.1) is 27.1 Å². The number of carbonyl (C=O) groups is 2. The summed E-state index contributed by atoms with van der Waals surface area (Å²) >= 11 is 0. The molecule has 0 spiro atoms. The summed E-state index contributed by atoms with van der Waals surface area (Å²) in [5.41, 5.74) is 4.72. The summed E-state index contributed by atoms with van der Waals surface area (Å²) in [5, 5.41) is 0. The van der Waals surface area contributed by atoms with Gasteiger partial charge in [-0.15, -0.1) is 0 Å². The summed E-state index contributed by atoms with van der Waals surface area (Å²) in [4.78, 5) is 30.7. The minimum atomic E-state index is -0.244. The molecule has 0 bridgehead atoms. The SMILES string of the molecule is COC(=O)CC(CCC(CC(=O)OC)N(Cc1ccccc1)[C@@H](C)c1ccccc1)N(Cc1ccccc1)[C@H](C)c1ccccc1. The van der Waals surface area contributed by atoms with E-state index in [-0.39, 0.29) is 48.9 Å². The molecule has 0 aliphatic carbocycles. The van der Waals surface area contributed by atoms with Crippen molar-refractivity contribution in [1.29, 1.82) is 0 Å². The highest BCUT2D eigenvalue weighted by molar-refractivity contribution is 5.70. The lowest BCUT2D eigenvalue weighted by molar-refractivity contribution is -0.144. The fourth-order valence-corrected chi connectivity index (χ4v) is 6.31. The Morgan fingerprint density at radius 2 is 0.826 bits per heavy atom. The summed E-state index contributed by atoms with van der Waals surface area (Å²) in [7, 11) is 2.90. The Morgan fingerprint density at radius 3 is 1.13 bits per heavy atom. The van der Waals surface area contributed by atoms with E-state index in [2.05, 4.69) is 121 Å². The molecule has 242 valence electrons. The number of esters is 2. The van der Waals surface area contributed by atoms with Crippen molar-refractivity contribution in [3.05, 3.63) is 144 Å². The van der Waals surface area contributed by atoms with E-state index in [1.807, 2.05) is 24.3 Å². The molecule has 0 amide bonds. The van der Waals surface area contributed by atoms with Gasteiger partial charge in [-0.1, -0.05) is 121 Å². The molecule has 0 aromatic heterocycles. The van der Waals surface area contributed by atoms with Crippen molar-refractivity contribution in [2.75, 3.05) is 14.2 Å². The third-order valence-electron chi connectivity index (χ3n) is 9.01. The average molecular weight is 621 g/mol. The highest BCUT2D eigenvalue weighted by Gasteiger charge is 2.32. The quantitative estimate of drug-likeness (QED) is 0.111. The minimum Gasteiger partial charge on any atom is -0.469 e. The van der Waals surface area contributed by atoms with Crippen molar-refractivity contribution in [2.45, 2.75) is 76.8 Å². The largest absolute Gasteiger partial charge is 0.469 e. The monoisotopic (exact) mass is 620 g/mol. The number of nitrogens with zero attached hydrogens (tertiary/aromatic N) is 2. The van der Waals surface area contributed by atoms with Crippen molar-refractivity contribution in [3.63, 3.8) is 0 Å². The van der Waals surface area contributed by atoms with Gasteiger partial charge in [0, 0.05) is 37.3 Å². The number of rotatable bonds is 17. The van der Waals surface area contributed by atoms with Crippen LogP contribution in [0, 0.1) is 0 Å². The minimum absolute atomic E-state index is 0.0405. The molecule has 46 heavy (non-hydrogen) atoms. The van der Waals surface area contributed by atoms with Crippen LogP contribution in [0.1, 0.15) is 73.9 Å². The van der Waals surface area contributed by atoms with Crippen molar-refractivity contribution < 1.29 is 19.1 Å². The molecule has 2 unspecified atom stereocenters. The molecule has 0 aliphatic rings. The second kappa shape index (κ2) is 18.0. The van der Waals surface area contributed by atoms with E-state index in [1.165, 1.54) is 36.5 Å². The van der Waals surface area contributed by atoms with Gasteiger partial charge in [0.25, 0.3) is 0 Å². The Labute approximate surface area is 275 Å². The van der Waals surface area contributed by atoms with E-state index in [9.17, 15) is 9.59 Å². The van der Waals surface area contributed by atoms with E-state index in [1.54, 1.807) is 0 Å². The maximum absolute atomic E-state index is 12.9. The first-order valence-electron chi connectivity index (χ1n) is 16.2. The first kappa shape index (κ1) is 34.6. The normalized spacial score (nSPS) is 14.0. The molecular weight excluding hydrogens is 572 g/mol. The summed E-state index contributed by atoms with van der Waals surface area (Å²) in [5.74, 6) is -0.488. The first-order chi connectivity index (χ1) is 22.4. The summed E-state index contributed by atoms with van der Waals surface area (Å²) in [6, 6.07) is 41.4. The van der Waals surface area contributed by atoms with Crippen molar-refractivity contribution >= 4 is 11.9 Å². The van der Waals surface area contributed by atoms with Crippen molar-refractivity contribution in [1.82, 2.24) is 9.80 Å². The molecule has 0 heterocycles. The Hall–Kier alpha value is -4.26. The zero-order valence-electron chi connectivity index (χ0n) is 27.6. The molecule has 4 aromatic rings. The van der Waals surface area contributed by atoms with Crippen LogP contribution in [-0.2, 0) is 32.2 Å². The van der Waals surface area contributed by atoms with E-state index in [0.29, 0.717) is 25.9 Å². The maximum Gasteiger partial charge on any atom is 0.307 e. The third-order valence-corrected chi connectivity index (χ3v) is 9.01. The Kier molecular flexibility index (Phi) is 13.6. The molecule has 4 rings (SSSR count). The van der Waals surface area contributed by atoms with Crippen LogP contribution < -0.4 is 0 Å². The summed E-state index contributed by atoms with van der Waals surface area (Å²) in [6.07, 6.45) is 1.87. The Bertz CT molecular complexity index is 1340. The molecule has 4 atom stereocenters. The lowest BCUT2D eigenvalue weighted by atomic mass is 9.94. The number of hydrogen-bond acceptors (Lipinski definition) is 6. The van der Waals surface area contributed by atoms with Crippen LogP contribution in [0.4, 0.5) is 0 Å². The van der Waals surface area contributed by atoms with Gasteiger partial charge in [-0.2, -0.15) is 0 Å². The molecule has 6 nitrogen and oxygen atoms in total. The van der Waals surface area contributed by atoms with Crippen LogP contribution in [0.3, 0.4) is 0 Å². The zero-order chi connectivity index (χ0) is 32.7. The standard InChI is InChI=1S/C40H48N2O4/c1-31(35-21-13-7-14-22-35)41(29-33-17-9-5-10-18-33)37(27-39(43)45-3)25-26-38(28-40(44)46-4)42(30-34-19-11-6-12-20-34)32(2)36-23-15-8-16-24-36/h5-24,31-32,37-38H,25-30H2,1-4H3/t31-,32+,37?,38?. The maximum atomic E-state index is 12.9. The predicted molar refractivity (Wildman–Crippen MR) is 184 cm³/mol. The number of hydrogen-bond donors (Lipinski definition) is 0. The molecule has 4 aromatic carbocycles. The fourth-order valence-electron chi connectivity index (χ4n) is 6.31. The number of methoxy groups -OCH3 is 2. The van der Waals surface area contributed by atoms with Gasteiger partial charge in [0.2, 0.25) is 0 Å². The number of carbonyl (C=O) groups excluding carboxylic acids is 2. The van der Waals surface area contributed by atoms with Crippen LogP contribution in [0.15, 0.2) is 121 Å². The Balaban J connectivity index is 1.70. The third kappa shape index (κ3) is 10.1. The molecule has 0 aliphatic heterocycles. The van der Waals surface area contributed by atoms with Crippen LogP contribution in [0.2, 0.25) is 0 Å². The molecule has 0 N–H and O–H groups in total. The molecule has 0 saturated carbocycles. The van der Waals surface area contributed by atoms with Crippen LogP contribution >= 0.6 is 0 Å². The van der Waals surface area contributed by atoms with Gasteiger partial charge in [-0.3, -0.25) is 19.4 Å². The van der Waals surface area contributed by atoms with Gasteiger partial charge in [0.1, 0.15) is 0 Å². The predicted octanol–water partition coefficient (Wildman–Crippen LogP) is 8.16. The van der Waals surface area contributed by atoms with E-state index in [0.717, 1.165) is 0 Å². The average Bonchev–Trinajstić information content (AvgIpc) is 3.11. The zero-order valence-corrected chi connectivity index (χ0v) is 27.6. The van der Waals surface area contributed by atoms with Crippen molar-refractivity contribution in [2.24, 2.45) is 0 Å². The summed E-state index contributed by atoms with van der Waals surface area (Å²) < 4.78 is 10.5. The summed E-state index contributed by atoms with van der Waals surface area (Å²) in [6.45, 7) is 5.75. The highest BCUT2D eigenvalue weighted by Crippen LogP contribution is 2.32.